The summed E-state index contributed by atoms with van der Waals surface area (Å²) < 4.78 is 24.0. The fourth-order valence-corrected chi connectivity index (χ4v) is 3.15. The van der Waals surface area contributed by atoms with Crippen LogP contribution in [0.3, 0.4) is 0 Å². The van der Waals surface area contributed by atoms with Gasteiger partial charge in [-0.1, -0.05) is 49.7 Å². The molecule has 1 aliphatic rings. The summed E-state index contributed by atoms with van der Waals surface area (Å²) in [6, 6.07) is 0. The molecular formula is C14H16NO2S2-. The van der Waals surface area contributed by atoms with Gasteiger partial charge in [-0.15, -0.1) is 0 Å². The smallest absolute Gasteiger partial charge is 0.0622 e. The van der Waals surface area contributed by atoms with E-state index in [1.807, 2.05) is 13.0 Å². The molecule has 0 radical (unpaired) electrons. The van der Waals surface area contributed by atoms with Gasteiger partial charge in [0.25, 0.3) is 0 Å². The van der Waals surface area contributed by atoms with E-state index >= 15 is 0 Å². The molecule has 0 aromatic rings. The second-order valence-corrected chi connectivity index (χ2v) is 5.55. The van der Waals surface area contributed by atoms with Crippen molar-refractivity contribution in [3.05, 3.63) is 71.2 Å². The highest BCUT2D eigenvalue weighted by Crippen LogP contribution is 2.36. The first kappa shape index (κ1) is 15.8. The lowest BCUT2D eigenvalue weighted by atomic mass is 10.0. The molecule has 5 heteroatoms. The zero-order valence-electron chi connectivity index (χ0n) is 10.8. The predicted molar refractivity (Wildman–Crippen MR) is 82.7 cm³/mol. The van der Waals surface area contributed by atoms with Crippen molar-refractivity contribution < 1.29 is 8.76 Å². The van der Waals surface area contributed by atoms with Gasteiger partial charge in [0.1, 0.15) is 0 Å². The average molecular weight is 294 g/mol. The molecule has 0 aliphatic carbocycles. The van der Waals surface area contributed by atoms with Crippen LogP contribution in [0.15, 0.2) is 71.2 Å². The molecule has 19 heavy (non-hydrogen) atoms. The maximum atomic E-state index is 11.3. The van der Waals surface area contributed by atoms with Crippen molar-refractivity contribution in [2.45, 2.75) is 6.92 Å². The van der Waals surface area contributed by atoms with E-state index in [1.165, 1.54) is 16.1 Å². The van der Waals surface area contributed by atoms with Gasteiger partial charge in [0.05, 0.1) is 12.2 Å². The maximum Gasteiger partial charge on any atom is 0.0622 e. The molecule has 1 heterocycles. The summed E-state index contributed by atoms with van der Waals surface area (Å²) in [5, 5.41) is 1.67. The second kappa shape index (κ2) is 7.33. The molecule has 3 nitrogen and oxygen atoms in total. The lowest BCUT2D eigenvalue weighted by molar-refractivity contribution is 0.457. The lowest BCUT2D eigenvalue weighted by Crippen LogP contribution is -2.30. The Hall–Kier alpha value is -1.30. The van der Waals surface area contributed by atoms with E-state index in [9.17, 15) is 8.76 Å². The van der Waals surface area contributed by atoms with Crippen LogP contribution in [-0.4, -0.2) is 19.6 Å². The molecular weight excluding hydrogens is 278 g/mol. The topological polar surface area (TPSA) is 43.4 Å². The predicted octanol–water partition coefficient (Wildman–Crippen LogP) is 3.43. The highest BCUT2D eigenvalue weighted by Gasteiger charge is 2.22. The van der Waals surface area contributed by atoms with Gasteiger partial charge in [0.15, 0.2) is 0 Å². The average Bonchev–Trinajstić information content (AvgIpc) is 2.39. The van der Waals surface area contributed by atoms with Gasteiger partial charge in [-0.2, -0.15) is 0 Å². The SMILES string of the molecule is C=C/C=C\C1=C(C)C(SC=C)=C(C=C)N(S(=O)[O-])C1. The Balaban J connectivity index is 3.39. The fraction of sp³-hybridized carbons (Fsp3) is 0.143. The van der Waals surface area contributed by atoms with Crippen molar-refractivity contribution in [3.8, 4) is 0 Å². The second-order valence-electron chi connectivity index (χ2n) is 3.70. The Morgan fingerprint density at radius 1 is 1.42 bits per heavy atom. The number of nitrogens with zero attached hydrogens (tertiary/aromatic N) is 1. The van der Waals surface area contributed by atoms with E-state index < -0.39 is 11.3 Å². The van der Waals surface area contributed by atoms with Crippen LogP contribution in [-0.2, 0) is 11.3 Å². The molecule has 0 N–H and O–H groups in total. The summed E-state index contributed by atoms with van der Waals surface area (Å²) in [7, 11) is 0. The third-order valence-corrected chi connectivity index (χ3v) is 4.25. The Labute approximate surface area is 121 Å². The fourth-order valence-electron chi connectivity index (χ4n) is 1.73. The van der Waals surface area contributed by atoms with Crippen molar-refractivity contribution in [3.63, 3.8) is 0 Å². The number of hydrogen-bond donors (Lipinski definition) is 0. The first-order valence-corrected chi connectivity index (χ1v) is 7.48. The van der Waals surface area contributed by atoms with Crippen LogP contribution in [0.5, 0.6) is 0 Å². The van der Waals surface area contributed by atoms with Gasteiger partial charge in [0.2, 0.25) is 0 Å². The van der Waals surface area contributed by atoms with E-state index in [0.717, 1.165) is 16.1 Å². The summed E-state index contributed by atoms with van der Waals surface area (Å²) in [5.41, 5.74) is 2.55. The highest BCUT2D eigenvalue weighted by molar-refractivity contribution is 8.06. The monoisotopic (exact) mass is 294 g/mol. The first-order chi connectivity index (χ1) is 9.06. The summed E-state index contributed by atoms with van der Waals surface area (Å²) in [6.07, 6.45) is 6.87. The van der Waals surface area contributed by atoms with Crippen molar-refractivity contribution in [1.82, 2.24) is 4.31 Å². The summed E-state index contributed by atoms with van der Waals surface area (Å²) in [5.74, 6) is 0. The van der Waals surface area contributed by atoms with Crippen molar-refractivity contribution in [2.24, 2.45) is 0 Å². The van der Waals surface area contributed by atoms with Crippen molar-refractivity contribution >= 4 is 23.0 Å². The number of thioether (sulfide) groups is 1. The third-order valence-electron chi connectivity index (χ3n) is 2.65. The summed E-state index contributed by atoms with van der Waals surface area (Å²) in [6.45, 7) is 13.3. The Bertz CT molecular complexity index is 516. The van der Waals surface area contributed by atoms with Gasteiger partial charge >= 0.3 is 0 Å². The molecule has 0 spiro atoms. The van der Waals surface area contributed by atoms with Crippen LogP contribution in [0.2, 0.25) is 0 Å². The van der Waals surface area contributed by atoms with E-state index in [1.54, 1.807) is 23.6 Å². The summed E-state index contributed by atoms with van der Waals surface area (Å²) >= 11 is -0.944. The Morgan fingerprint density at radius 3 is 2.58 bits per heavy atom. The molecule has 0 aromatic heterocycles. The first-order valence-electron chi connectivity index (χ1n) is 5.57. The van der Waals surface area contributed by atoms with Crippen LogP contribution in [0.4, 0.5) is 0 Å². The van der Waals surface area contributed by atoms with Crippen LogP contribution >= 0.6 is 11.8 Å². The molecule has 1 atom stereocenters. The van der Waals surface area contributed by atoms with Gasteiger partial charge < -0.3 is 4.55 Å². The van der Waals surface area contributed by atoms with Crippen LogP contribution in [0, 0.1) is 0 Å². The largest absolute Gasteiger partial charge is 0.755 e. The summed E-state index contributed by atoms with van der Waals surface area (Å²) in [4.78, 5) is 0.851. The van der Waals surface area contributed by atoms with E-state index in [-0.39, 0.29) is 0 Å². The van der Waals surface area contributed by atoms with Crippen LogP contribution < -0.4 is 0 Å². The number of rotatable bonds is 6. The maximum absolute atomic E-state index is 11.3. The molecule has 1 aliphatic heterocycles. The third kappa shape index (κ3) is 3.59. The van der Waals surface area contributed by atoms with Crippen LogP contribution in [0.1, 0.15) is 6.92 Å². The molecule has 0 aromatic carbocycles. The number of hydrogen-bond acceptors (Lipinski definition) is 3. The molecule has 1 unspecified atom stereocenters. The van der Waals surface area contributed by atoms with Gasteiger partial charge in [-0.3, -0.25) is 8.51 Å². The Morgan fingerprint density at radius 2 is 2.11 bits per heavy atom. The molecule has 1 rings (SSSR count). The minimum Gasteiger partial charge on any atom is -0.755 e. The number of allylic oxidation sites excluding steroid dienone is 4. The highest BCUT2D eigenvalue weighted by atomic mass is 32.2. The normalized spacial score (nSPS) is 17.9. The van der Waals surface area contributed by atoms with Crippen LogP contribution in [0.25, 0.3) is 0 Å². The van der Waals surface area contributed by atoms with Gasteiger partial charge in [-0.05, 0) is 29.6 Å². The van der Waals surface area contributed by atoms with E-state index in [0.29, 0.717) is 12.2 Å². The molecule has 0 saturated heterocycles. The minimum absolute atomic E-state index is 0.300. The lowest BCUT2D eigenvalue weighted by Gasteiger charge is -2.34. The quantitative estimate of drug-likeness (QED) is 0.557. The minimum atomic E-state index is -2.33. The Kier molecular flexibility index (Phi) is 6.08. The van der Waals surface area contributed by atoms with Crippen molar-refractivity contribution in [1.29, 1.82) is 0 Å². The van der Waals surface area contributed by atoms with E-state index in [4.69, 9.17) is 0 Å². The van der Waals surface area contributed by atoms with Gasteiger partial charge in [0, 0.05) is 16.2 Å². The molecule has 0 fully saturated rings. The standard InChI is InChI=1S/C14H17NO2S2/c1-5-8-9-12-10-15(19(16)17)13(6-2)14(11(12)4)18-7-3/h5-9H,1-3,10H2,4H3,(H,16,17)/p-1/b9-8-. The zero-order valence-corrected chi connectivity index (χ0v) is 12.4. The molecule has 0 bridgehead atoms. The molecule has 0 amide bonds. The van der Waals surface area contributed by atoms with Crippen molar-refractivity contribution in [2.75, 3.05) is 6.54 Å². The zero-order chi connectivity index (χ0) is 14.4. The van der Waals surface area contributed by atoms with E-state index in [2.05, 4.69) is 19.7 Å². The van der Waals surface area contributed by atoms with Gasteiger partial charge in [-0.25, -0.2) is 0 Å². The molecule has 102 valence electrons. The molecule has 0 saturated carbocycles.